The number of nitriles is 1. The van der Waals surface area contributed by atoms with Gasteiger partial charge in [0.2, 0.25) is 0 Å². The number of carbonyl (C=O) groups is 2. The minimum absolute atomic E-state index is 0.133. The summed E-state index contributed by atoms with van der Waals surface area (Å²) >= 11 is 0. The highest BCUT2D eigenvalue weighted by atomic mass is 16.6. The minimum Gasteiger partial charge on any atom is -0.457 e. The Morgan fingerprint density at radius 3 is 2.78 bits per heavy atom. The minimum atomic E-state index is -0.760. The zero-order valence-corrected chi connectivity index (χ0v) is 14.8. The smallest absolute Gasteiger partial charge is 0.414 e. The quantitative estimate of drug-likeness (QED) is 0.899. The average molecular weight is 362 g/mol. The molecule has 27 heavy (non-hydrogen) atoms. The molecule has 2 aromatic carbocycles. The molecule has 2 amide bonds. The van der Waals surface area contributed by atoms with E-state index in [2.05, 4.69) is 11.4 Å². The summed E-state index contributed by atoms with van der Waals surface area (Å²) in [6.45, 7) is 1.90. The molecule has 0 saturated carbocycles. The van der Waals surface area contributed by atoms with Gasteiger partial charge in [-0.15, -0.1) is 0 Å². The zero-order valence-electron chi connectivity index (χ0n) is 14.8. The molecular weight excluding hydrogens is 344 g/mol. The second-order valence-electron chi connectivity index (χ2n) is 6.87. The van der Waals surface area contributed by atoms with E-state index in [4.69, 9.17) is 14.7 Å². The number of alkyl carbamates (subject to hydrolysis) is 1. The first-order valence-electron chi connectivity index (χ1n) is 8.88. The summed E-state index contributed by atoms with van der Waals surface area (Å²) in [7, 11) is 0. The summed E-state index contributed by atoms with van der Waals surface area (Å²) in [5, 5.41) is 11.2. The van der Waals surface area contributed by atoms with Gasteiger partial charge in [0.25, 0.3) is 5.91 Å². The first-order valence-corrected chi connectivity index (χ1v) is 8.88. The van der Waals surface area contributed by atoms with Gasteiger partial charge in [-0.3, -0.25) is 10.1 Å². The fourth-order valence-electron chi connectivity index (χ4n) is 3.80. The number of rotatable bonds is 3. The lowest BCUT2D eigenvalue weighted by molar-refractivity contribution is -0.124. The largest absolute Gasteiger partial charge is 0.457 e. The lowest BCUT2D eigenvalue weighted by Crippen LogP contribution is -2.31. The third-order valence-corrected chi connectivity index (χ3v) is 5.09. The fraction of sp³-hybridized carbons (Fsp3) is 0.286. The van der Waals surface area contributed by atoms with Crippen molar-refractivity contribution in [2.24, 2.45) is 0 Å². The molecule has 0 spiro atoms. The number of fused-ring (bicyclic) bond motifs is 1. The second-order valence-corrected chi connectivity index (χ2v) is 6.87. The Balaban J connectivity index is 1.59. The Labute approximate surface area is 156 Å². The molecule has 1 saturated heterocycles. The summed E-state index contributed by atoms with van der Waals surface area (Å²) in [6.07, 6.45) is 1.17. The van der Waals surface area contributed by atoms with Crippen molar-refractivity contribution in [3.63, 3.8) is 0 Å². The SMILES string of the molecule is Cc1cc(C#N)ccc1Oc1ccc2c(c1)CCC[C@H]2C1OC(=O)NC1=O. The Morgan fingerprint density at radius 1 is 1.22 bits per heavy atom. The van der Waals surface area contributed by atoms with Gasteiger partial charge in [0.1, 0.15) is 11.5 Å². The topological polar surface area (TPSA) is 88.4 Å². The molecule has 1 aliphatic heterocycles. The maximum Gasteiger partial charge on any atom is 0.414 e. The normalized spacial score (nSPS) is 21.0. The van der Waals surface area contributed by atoms with E-state index in [0.717, 1.165) is 36.0 Å². The lowest BCUT2D eigenvalue weighted by Gasteiger charge is -2.28. The summed E-state index contributed by atoms with van der Waals surface area (Å²) in [6, 6.07) is 13.2. The van der Waals surface area contributed by atoms with Crippen LogP contribution in [-0.4, -0.2) is 18.1 Å². The molecule has 6 heteroatoms. The fourth-order valence-corrected chi connectivity index (χ4v) is 3.80. The molecule has 2 atom stereocenters. The number of imide groups is 1. The van der Waals surface area contributed by atoms with Gasteiger partial charge in [0.15, 0.2) is 6.10 Å². The summed E-state index contributed by atoms with van der Waals surface area (Å²) < 4.78 is 11.2. The number of amides is 2. The highest BCUT2D eigenvalue weighted by molar-refractivity contribution is 6.00. The van der Waals surface area contributed by atoms with Crippen molar-refractivity contribution < 1.29 is 19.1 Å². The number of benzene rings is 2. The molecule has 6 nitrogen and oxygen atoms in total. The van der Waals surface area contributed by atoms with Gasteiger partial charge in [0.05, 0.1) is 11.6 Å². The van der Waals surface area contributed by atoms with Gasteiger partial charge in [0, 0.05) is 5.92 Å². The third-order valence-electron chi connectivity index (χ3n) is 5.09. The number of carbonyl (C=O) groups excluding carboxylic acids is 2. The van der Waals surface area contributed by atoms with Gasteiger partial charge < -0.3 is 9.47 Å². The van der Waals surface area contributed by atoms with Crippen molar-refractivity contribution in [1.29, 1.82) is 5.26 Å². The van der Waals surface area contributed by atoms with Crippen molar-refractivity contribution >= 4 is 12.0 Å². The Bertz CT molecular complexity index is 977. The van der Waals surface area contributed by atoms with Crippen LogP contribution in [0, 0.1) is 18.3 Å². The van der Waals surface area contributed by atoms with Crippen LogP contribution in [0.5, 0.6) is 11.5 Å². The zero-order chi connectivity index (χ0) is 19.0. The second kappa shape index (κ2) is 6.76. The number of hydrogen-bond acceptors (Lipinski definition) is 5. The van der Waals surface area contributed by atoms with Crippen LogP contribution in [0.2, 0.25) is 0 Å². The van der Waals surface area contributed by atoms with Crippen LogP contribution in [0.3, 0.4) is 0 Å². The third kappa shape index (κ3) is 3.24. The van der Waals surface area contributed by atoms with E-state index >= 15 is 0 Å². The lowest BCUT2D eigenvalue weighted by atomic mass is 9.79. The van der Waals surface area contributed by atoms with E-state index in [1.54, 1.807) is 18.2 Å². The average Bonchev–Trinajstić information content (AvgIpc) is 3.00. The van der Waals surface area contributed by atoms with Crippen molar-refractivity contribution in [2.75, 3.05) is 0 Å². The van der Waals surface area contributed by atoms with Gasteiger partial charge in [-0.1, -0.05) is 6.07 Å². The summed E-state index contributed by atoms with van der Waals surface area (Å²) in [5.74, 6) is 0.901. The molecule has 1 N–H and O–H groups in total. The van der Waals surface area contributed by atoms with Crippen molar-refractivity contribution in [2.45, 2.75) is 38.2 Å². The van der Waals surface area contributed by atoms with Crippen molar-refractivity contribution in [3.8, 4) is 17.6 Å². The van der Waals surface area contributed by atoms with E-state index in [9.17, 15) is 9.59 Å². The predicted molar refractivity (Wildman–Crippen MR) is 96.5 cm³/mol. The number of nitrogens with one attached hydrogen (secondary N) is 1. The van der Waals surface area contributed by atoms with Crippen LogP contribution < -0.4 is 10.1 Å². The number of hydrogen-bond donors (Lipinski definition) is 1. The molecule has 1 heterocycles. The van der Waals surface area contributed by atoms with Crippen molar-refractivity contribution in [1.82, 2.24) is 5.32 Å². The number of nitrogens with zero attached hydrogens (tertiary/aromatic N) is 1. The first-order chi connectivity index (χ1) is 13.0. The molecule has 0 aromatic heterocycles. The monoisotopic (exact) mass is 362 g/mol. The Hall–Kier alpha value is -3.33. The molecule has 1 aliphatic carbocycles. The van der Waals surface area contributed by atoms with Gasteiger partial charge >= 0.3 is 6.09 Å². The number of aryl methyl sites for hydroxylation is 2. The first kappa shape index (κ1) is 17.1. The van der Waals surface area contributed by atoms with Gasteiger partial charge in [-0.05, 0) is 73.2 Å². The summed E-state index contributed by atoms with van der Waals surface area (Å²) in [4.78, 5) is 23.3. The molecule has 0 radical (unpaired) electrons. The summed E-state index contributed by atoms with van der Waals surface area (Å²) in [5.41, 5.74) is 3.61. The van der Waals surface area contributed by atoms with E-state index in [-0.39, 0.29) is 11.8 Å². The number of cyclic esters (lactones) is 1. The highest BCUT2D eigenvalue weighted by Crippen LogP contribution is 2.39. The molecule has 2 aromatic rings. The van der Waals surface area contributed by atoms with Crippen LogP contribution in [0.4, 0.5) is 4.79 Å². The van der Waals surface area contributed by atoms with Crippen LogP contribution >= 0.6 is 0 Å². The predicted octanol–water partition coefficient (Wildman–Crippen LogP) is 3.71. The maximum atomic E-state index is 12.0. The Morgan fingerprint density at radius 2 is 2.07 bits per heavy atom. The van der Waals surface area contributed by atoms with Crippen LogP contribution in [0.15, 0.2) is 36.4 Å². The van der Waals surface area contributed by atoms with Crippen LogP contribution in [0.25, 0.3) is 0 Å². The van der Waals surface area contributed by atoms with Crippen molar-refractivity contribution in [3.05, 3.63) is 58.7 Å². The van der Waals surface area contributed by atoms with E-state index in [0.29, 0.717) is 17.1 Å². The molecule has 136 valence electrons. The Kier molecular flexibility index (Phi) is 4.28. The maximum absolute atomic E-state index is 12.0. The molecule has 1 fully saturated rings. The number of ether oxygens (including phenoxy) is 2. The molecule has 4 rings (SSSR count). The van der Waals surface area contributed by atoms with E-state index in [1.807, 2.05) is 25.1 Å². The molecule has 0 bridgehead atoms. The van der Waals surface area contributed by atoms with E-state index < -0.39 is 12.2 Å². The van der Waals surface area contributed by atoms with Gasteiger partial charge in [-0.2, -0.15) is 5.26 Å². The highest BCUT2D eigenvalue weighted by Gasteiger charge is 2.41. The van der Waals surface area contributed by atoms with Gasteiger partial charge in [-0.25, -0.2) is 4.79 Å². The van der Waals surface area contributed by atoms with Crippen LogP contribution in [-0.2, 0) is 16.0 Å². The van der Waals surface area contributed by atoms with E-state index in [1.165, 1.54) is 0 Å². The molecule has 1 unspecified atom stereocenters. The standard InChI is InChI=1S/C21H18N2O4/c1-12-9-13(11-22)5-8-18(12)26-15-6-7-16-14(10-15)3-2-4-17(16)19-20(24)23-21(25)27-19/h5-10,17,19H,2-4H2,1H3,(H,23,24,25)/t17-,19?/m1/s1. The molecular formula is C21H18N2O4. The molecule has 2 aliphatic rings. The van der Waals surface area contributed by atoms with Crippen LogP contribution in [0.1, 0.15) is 41.0 Å².